The second-order valence-corrected chi connectivity index (χ2v) is 13.5. The highest BCUT2D eigenvalue weighted by Gasteiger charge is 2.59. The van der Waals surface area contributed by atoms with Gasteiger partial charge in [0.1, 0.15) is 11.3 Å². The fraction of sp³-hybridized carbons (Fsp3) is 0.484. The van der Waals surface area contributed by atoms with Crippen molar-refractivity contribution in [3.63, 3.8) is 0 Å². The molecule has 6 rings (SSSR count). The summed E-state index contributed by atoms with van der Waals surface area (Å²) in [5.41, 5.74) is -2.30. The van der Waals surface area contributed by atoms with Crippen molar-refractivity contribution in [2.75, 3.05) is 19.6 Å². The highest BCUT2D eigenvalue weighted by atomic mass is 35.5. The van der Waals surface area contributed by atoms with Crippen LogP contribution in [0.1, 0.15) is 62.6 Å². The molecule has 0 bridgehead atoms. The molecule has 1 aromatic carbocycles. The third-order valence-electron chi connectivity index (χ3n) is 8.94. The number of carbonyl (C=O) groups is 2. The van der Waals surface area contributed by atoms with Gasteiger partial charge in [0.05, 0.1) is 33.3 Å². The van der Waals surface area contributed by atoms with Crippen molar-refractivity contribution < 1.29 is 32.3 Å². The second kappa shape index (κ2) is 9.69. The van der Waals surface area contributed by atoms with Gasteiger partial charge in [-0.1, -0.05) is 17.7 Å². The summed E-state index contributed by atoms with van der Waals surface area (Å²) in [6, 6.07) is 8.90. The van der Waals surface area contributed by atoms with E-state index in [9.17, 15) is 33.1 Å². The first-order valence-electron chi connectivity index (χ1n) is 14.1. The molecule has 3 aromatic rings. The molecule has 12 heteroatoms. The summed E-state index contributed by atoms with van der Waals surface area (Å²) in [5, 5.41) is 20.0. The molecule has 0 unspecified atom stereocenters. The number of rotatable bonds is 4. The first-order chi connectivity index (χ1) is 20.0. The number of carbonyl (C=O) groups excluding carboxylic acids is 2. The van der Waals surface area contributed by atoms with Crippen molar-refractivity contribution in [2.45, 2.75) is 68.9 Å². The summed E-state index contributed by atoms with van der Waals surface area (Å²) in [6.45, 7) is 6.18. The van der Waals surface area contributed by atoms with Crippen LogP contribution in [-0.2, 0) is 10.2 Å². The highest BCUT2D eigenvalue weighted by Crippen LogP contribution is 2.55. The van der Waals surface area contributed by atoms with Gasteiger partial charge in [-0.25, -0.2) is 18.2 Å². The lowest BCUT2D eigenvalue weighted by Gasteiger charge is -2.49. The van der Waals surface area contributed by atoms with Gasteiger partial charge in [0.15, 0.2) is 11.3 Å². The number of nitrogens with zero attached hydrogens (tertiary/aromatic N) is 4. The molecule has 0 atom stereocenters. The number of amides is 2. The number of nitriles is 1. The fourth-order valence-electron chi connectivity index (χ4n) is 6.73. The molecule has 0 radical (unpaired) electrons. The number of fused-ring (bicyclic) bond motifs is 1. The molecule has 8 nitrogen and oxygen atoms in total. The summed E-state index contributed by atoms with van der Waals surface area (Å²) >= 11 is 5.84. The smallest absolute Gasteiger partial charge is 0.290 e. The maximum absolute atomic E-state index is 14.3. The molecular weight excluding hydrogens is 585 g/mol. The maximum atomic E-state index is 14.3. The second-order valence-electron chi connectivity index (χ2n) is 13.0. The Bertz CT molecular complexity index is 1700. The van der Waals surface area contributed by atoms with E-state index in [-0.39, 0.29) is 58.1 Å². The van der Waals surface area contributed by atoms with Crippen LogP contribution in [0.2, 0.25) is 5.02 Å². The van der Waals surface area contributed by atoms with Gasteiger partial charge in [0, 0.05) is 55.6 Å². The molecule has 3 heterocycles. The predicted octanol–water partition coefficient (Wildman–Crippen LogP) is 5.70. The topological polar surface area (TPSA) is 111 Å². The number of furan rings is 1. The minimum absolute atomic E-state index is 0.0437. The standard InChI is InChI=1S/C31H30ClF3N4O4/c1-28(2)16-38(26(40)18-11-29(3,42)12-18)6-7-39(28)27(41)24-10-23-25(43-24)19(30(15-36)13-31(34,35)14-30)9-22(37-23)17-4-5-20(32)21(33)8-17/h4-5,8-10,18,42H,6-7,11-14,16H2,1-3H3/t18-,29+. The minimum Gasteiger partial charge on any atom is -0.449 e. The zero-order chi connectivity index (χ0) is 31.1. The van der Waals surface area contributed by atoms with Crippen LogP contribution in [0.3, 0.4) is 0 Å². The van der Waals surface area contributed by atoms with Gasteiger partial charge in [0.2, 0.25) is 5.91 Å². The largest absolute Gasteiger partial charge is 0.449 e. The van der Waals surface area contributed by atoms with E-state index in [0.717, 1.165) is 6.07 Å². The number of hydrogen-bond donors (Lipinski definition) is 1. The van der Waals surface area contributed by atoms with Gasteiger partial charge in [0.25, 0.3) is 11.8 Å². The van der Waals surface area contributed by atoms with Crippen molar-refractivity contribution in [1.82, 2.24) is 14.8 Å². The molecule has 2 aliphatic carbocycles. The summed E-state index contributed by atoms with van der Waals surface area (Å²) in [6.07, 6.45) is -0.651. The van der Waals surface area contributed by atoms with E-state index in [4.69, 9.17) is 16.0 Å². The molecule has 43 heavy (non-hydrogen) atoms. The molecule has 2 aromatic heterocycles. The summed E-state index contributed by atoms with van der Waals surface area (Å²) in [4.78, 5) is 34.7. The molecule has 1 aliphatic heterocycles. The van der Waals surface area contributed by atoms with Gasteiger partial charge in [-0.15, -0.1) is 0 Å². The van der Waals surface area contributed by atoms with Crippen LogP contribution in [0.15, 0.2) is 34.7 Å². The Balaban J connectivity index is 1.34. The van der Waals surface area contributed by atoms with Gasteiger partial charge >= 0.3 is 0 Å². The molecule has 0 spiro atoms. The number of halogens is 4. The minimum atomic E-state index is -3.04. The normalized spacial score (nSPS) is 25.5. The van der Waals surface area contributed by atoms with Crippen LogP contribution in [-0.4, -0.2) is 68.4 Å². The van der Waals surface area contributed by atoms with E-state index in [1.807, 2.05) is 19.9 Å². The molecular formula is C31H30ClF3N4O4. The van der Waals surface area contributed by atoms with Crippen LogP contribution in [0.4, 0.5) is 13.2 Å². The molecule has 3 aliphatic rings. The van der Waals surface area contributed by atoms with Crippen LogP contribution in [0.25, 0.3) is 22.4 Å². The molecule has 1 N–H and O–H groups in total. The van der Waals surface area contributed by atoms with E-state index >= 15 is 0 Å². The molecule has 1 saturated heterocycles. The summed E-state index contributed by atoms with van der Waals surface area (Å²) in [5.74, 6) is -4.60. The number of benzene rings is 1. The highest BCUT2D eigenvalue weighted by molar-refractivity contribution is 6.30. The summed E-state index contributed by atoms with van der Waals surface area (Å²) in [7, 11) is 0. The monoisotopic (exact) mass is 614 g/mol. The molecule has 226 valence electrons. The Morgan fingerprint density at radius 3 is 2.42 bits per heavy atom. The van der Waals surface area contributed by atoms with Gasteiger partial charge in [-0.05, 0) is 51.8 Å². The summed E-state index contributed by atoms with van der Waals surface area (Å²) < 4.78 is 48.6. The Hall–Kier alpha value is -3.62. The Kier molecular flexibility index (Phi) is 6.64. The van der Waals surface area contributed by atoms with Crippen molar-refractivity contribution >= 4 is 34.5 Å². The predicted molar refractivity (Wildman–Crippen MR) is 151 cm³/mol. The SMILES string of the molecule is CC1(C)CN(C(=O)[C@H]2C[C@@](C)(O)C2)CCN1C(=O)c1cc2nc(-c3ccc(Cl)c(F)c3)cc(C3(C#N)CC(F)(F)C3)c2o1. The number of aliphatic hydroxyl groups is 1. The van der Waals surface area contributed by atoms with E-state index in [0.29, 0.717) is 24.9 Å². The lowest BCUT2D eigenvalue weighted by molar-refractivity contribution is -0.153. The zero-order valence-corrected chi connectivity index (χ0v) is 24.6. The van der Waals surface area contributed by atoms with E-state index in [1.165, 1.54) is 24.3 Å². The van der Waals surface area contributed by atoms with Crippen molar-refractivity contribution in [3.05, 3.63) is 52.5 Å². The first kappa shape index (κ1) is 29.5. The third-order valence-corrected chi connectivity index (χ3v) is 9.24. The fourth-order valence-corrected chi connectivity index (χ4v) is 6.85. The Labute approximate surface area is 251 Å². The first-order valence-corrected chi connectivity index (χ1v) is 14.4. The van der Waals surface area contributed by atoms with Crippen LogP contribution in [0.5, 0.6) is 0 Å². The van der Waals surface area contributed by atoms with Crippen LogP contribution in [0, 0.1) is 23.1 Å². The quantitative estimate of drug-likeness (QED) is 0.404. The third kappa shape index (κ3) is 5.04. The maximum Gasteiger partial charge on any atom is 0.290 e. The molecule has 2 amide bonds. The number of aromatic nitrogens is 1. The van der Waals surface area contributed by atoms with Crippen molar-refractivity contribution in [2.24, 2.45) is 5.92 Å². The molecule has 3 fully saturated rings. The van der Waals surface area contributed by atoms with E-state index < -0.39 is 47.0 Å². The van der Waals surface area contributed by atoms with Crippen LogP contribution >= 0.6 is 11.6 Å². The zero-order valence-electron chi connectivity index (χ0n) is 23.9. The van der Waals surface area contributed by atoms with Gasteiger partial charge in [-0.3, -0.25) is 9.59 Å². The average molecular weight is 615 g/mol. The van der Waals surface area contributed by atoms with Crippen molar-refractivity contribution in [3.8, 4) is 17.3 Å². The van der Waals surface area contributed by atoms with Gasteiger partial charge < -0.3 is 19.3 Å². The number of pyridine rings is 1. The number of hydrogen-bond acceptors (Lipinski definition) is 6. The van der Waals surface area contributed by atoms with Crippen molar-refractivity contribution in [1.29, 1.82) is 5.26 Å². The molecule has 2 saturated carbocycles. The Morgan fingerprint density at radius 2 is 1.84 bits per heavy atom. The average Bonchev–Trinajstić information content (AvgIpc) is 3.34. The van der Waals surface area contributed by atoms with E-state index in [1.54, 1.807) is 16.7 Å². The van der Waals surface area contributed by atoms with Crippen LogP contribution < -0.4 is 0 Å². The lowest BCUT2D eigenvalue weighted by Crippen LogP contribution is -2.63. The number of piperazine rings is 1. The Morgan fingerprint density at radius 1 is 1.14 bits per heavy atom. The van der Waals surface area contributed by atoms with E-state index in [2.05, 4.69) is 4.98 Å². The number of alkyl halides is 2. The lowest BCUT2D eigenvalue weighted by atomic mass is 9.63. The van der Waals surface area contributed by atoms with Gasteiger partial charge in [-0.2, -0.15) is 5.26 Å².